The van der Waals surface area contributed by atoms with Crippen LogP contribution in [0, 0.1) is 5.92 Å². The topological polar surface area (TPSA) is 43.3 Å². The van der Waals surface area contributed by atoms with E-state index >= 15 is 0 Å². The summed E-state index contributed by atoms with van der Waals surface area (Å²) in [6, 6.07) is 0. The van der Waals surface area contributed by atoms with E-state index < -0.39 is 0 Å². The number of nitrogens with zero attached hydrogens (tertiary/aromatic N) is 4. The maximum atomic E-state index is 5.50. The molecule has 0 aliphatic carbocycles. The van der Waals surface area contributed by atoms with Crippen LogP contribution < -0.4 is 5.32 Å². The van der Waals surface area contributed by atoms with Gasteiger partial charge in [-0.2, -0.15) is 11.8 Å². The predicted molar refractivity (Wildman–Crippen MR) is 117 cm³/mol. The molecular formula is C17H34IN5OS. The SMILES string of the molecule is CN=C(NCCN1CCSCC1)N1CCN(CC2CCOC2)CC1.I. The third kappa shape index (κ3) is 7.04. The molecule has 0 bridgehead atoms. The summed E-state index contributed by atoms with van der Waals surface area (Å²) in [6.45, 7) is 12.1. The Bertz CT molecular complexity index is 394. The fourth-order valence-electron chi connectivity index (χ4n) is 3.72. The van der Waals surface area contributed by atoms with Gasteiger partial charge in [0.05, 0.1) is 6.61 Å². The van der Waals surface area contributed by atoms with Crippen LogP contribution >= 0.6 is 35.7 Å². The minimum atomic E-state index is 0. The van der Waals surface area contributed by atoms with E-state index in [4.69, 9.17) is 4.74 Å². The van der Waals surface area contributed by atoms with Crippen molar-refractivity contribution in [2.75, 3.05) is 90.7 Å². The molecule has 0 amide bonds. The lowest BCUT2D eigenvalue weighted by Crippen LogP contribution is -2.54. The summed E-state index contributed by atoms with van der Waals surface area (Å²) in [5.41, 5.74) is 0. The number of hydrogen-bond donors (Lipinski definition) is 1. The van der Waals surface area contributed by atoms with E-state index in [1.807, 2.05) is 7.05 Å². The zero-order chi connectivity index (χ0) is 16.6. The van der Waals surface area contributed by atoms with Crippen LogP contribution in [0.3, 0.4) is 0 Å². The van der Waals surface area contributed by atoms with E-state index in [0.717, 1.165) is 64.4 Å². The first-order valence-corrected chi connectivity index (χ1v) is 10.6. The van der Waals surface area contributed by atoms with Gasteiger partial charge >= 0.3 is 0 Å². The molecule has 1 atom stereocenters. The Labute approximate surface area is 174 Å². The van der Waals surface area contributed by atoms with Crippen molar-refractivity contribution < 1.29 is 4.74 Å². The quantitative estimate of drug-likeness (QED) is 0.356. The van der Waals surface area contributed by atoms with Crippen molar-refractivity contribution in [2.24, 2.45) is 10.9 Å². The molecule has 3 aliphatic rings. The highest BCUT2D eigenvalue weighted by atomic mass is 127. The number of ether oxygens (including phenoxy) is 1. The molecule has 1 unspecified atom stereocenters. The molecule has 1 N–H and O–H groups in total. The predicted octanol–water partition coefficient (Wildman–Crippen LogP) is 0.883. The summed E-state index contributed by atoms with van der Waals surface area (Å²) in [4.78, 5) is 12.0. The maximum Gasteiger partial charge on any atom is 0.193 e. The molecule has 0 spiro atoms. The van der Waals surface area contributed by atoms with Crippen LogP contribution in [0.15, 0.2) is 4.99 Å². The molecular weight excluding hydrogens is 449 g/mol. The Kier molecular flexibility index (Phi) is 10.2. The highest BCUT2D eigenvalue weighted by molar-refractivity contribution is 14.0. The van der Waals surface area contributed by atoms with Gasteiger partial charge in [-0.15, -0.1) is 24.0 Å². The van der Waals surface area contributed by atoms with Crippen molar-refractivity contribution >= 4 is 41.7 Å². The minimum absolute atomic E-state index is 0. The summed E-state index contributed by atoms with van der Waals surface area (Å²) in [5, 5.41) is 3.56. The molecule has 0 aromatic rings. The highest BCUT2D eigenvalue weighted by Gasteiger charge is 2.24. The number of thioether (sulfide) groups is 1. The van der Waals surface area contributed by atoms with Crippen LogP contribution in [-0.4, -0.2) is 111 Å². The number of rotatable bonds is 5. The normalized spacial score (nSPS) is 26.5. The van der Waals surface area contributed by atoms with Gasteiger partial charge in [-0.1, -0.05) is 0 Å². The Balaban J connectivity index is 0.00000225. The van der Waals surface area contributed by atoms with Gasteiger partial charge < -0.3 is 15.0 Å². The van der Waals surface area contributed by atoms with E-state index in [1.54, 1.807) is 0 Å². The lowest BCUT2D eigenvalue weighted by atomic mass is 10.1. The molecule has 146 valence electrons. The Morgan fingerprint density at radius 2 is 1.88 bits per heavy atom. The van der Waals surface area contributed by atoms with Crippen LogP contribution in [0.1, 0.15) is 6.42 Å². The van der Waals surface area contributed by atoms with Gasteiger partial charge in [0, 0.05) is 84.1 Å². The molecule has 0 saturated carbocycles. The fraction of sp³-hybridized carbons (Fsp3) is 0.941. The molecule has 3 saturated heterocycles. The van der Waals surface area contributed by atoms with Crippen molar-refractivity contribution in [3.8, 4) is 0 Å². The largest absolute Gasteiger partial charge is 0.381 e. The monoisotopic (exact) mass is 483 g/mol. The molecule has 3 heterocycles. The summed E-state index contributed by atoms with van der Waals surface area (Å²) < 4.78 is 5.50. The highest BCUT2D eigenvalue weighted by Crippen LogP contribution is 2.15. The second kappa shape index (κ2) is 11.8. The van der Waals surface area contributed by atoms with E-state index in [-0.39, 0.29) is 24.0 Å². The van der Waals surface area contributed by atoms with Crippen LogP contribution in [-0.2, 0) is 4.74 Å². The third-order valence-electron chi connectivity index (χ3n) is 5.24. The fourth-order valence-corrected chi connectivity index (χ4v) is 4.70. The Morgan fingerprint density at radius 3 is 2.52 bits per heavy atom. The van der Waals surface area contributed by atoms with Gasteiger partial charge in [0.25, 0.3) is 0 Å². The Morgan fingerprint density at radius 1 is 1.12 bits per heavy atom. The first-order chi connectivity index (χ1) is 11.8. The van der Waals surface area contributed by atoms with Crippen LogP contribution in [0.25, 0.3) is 0 Å². The summed E-state index contributed by atoms with van der Waals surface area (Å²) in [5.74, 6) is 4.38. The smallest absolute Gasteiger partial charge is 0.193 e. The second-order valence-electron chi connectivity index (χ2n) is 6.95. The standard InChI is InChI=1S/C17H33N5OS.HI/c1-18-17(19-3-4-20-9-12-24-13-10-20)22-7-5-21(6-8-22)14-16-2-11-23-15-16;/h16H,2-15H2,1H3,(H,18,19);1H. The molecule has 6 nitrogen and oxygen atoms in total. The van der Waals surface area contributed by atoms with E-state index in [2.05, 4.69) is 36.8 Å². The van der Waals surface area contributed by atoms with Crippen LogP contribution in [0.4, 0.5) is 0 Å². The van der Waals surface area contributed by atoms with E-state index in [9.17, 15) is 0 Å². The van der Waals surface area contributed by atoms with E-state index in [0.29, 0.717) is 0 Å². The molecule has 3 aliphatic heterocycles. The first kappa shape index (κ1) is 21.5. The lowest BCUT2D eigenvalue weighted by Gasteiger charge is -2.37. The third-order valence-corrected chi connectivity index (χ3v) is 6.18. The molecule has 0 radical (unpaired) electrons. The molecule has 8 heteroatoms. The Hall–Kier alpha value is 0.230. The summed E-state index contributed by atoms with van der Waals surface area (Å²) >= 11 is 2.07. The number of hydrogen-bond acceptors (Lipinski definition) is 5. The minimum Gasteiger partial charge on any atom is -0.381 e. The van der Waals surface area contributed by atoms with E-state index in [1.165, 1.54) is 37.6 Å². The number of guanidine groups is 1. The molecule has 3 fully saturated rings. The van der Waals surface area contributed by atoms with Crippen molar-refractivity contribution in [1.29, 1.82) is 0 Å². The maximum absolute atomic E-state index is 5.50. The van der Waals surface area contributed by atoms with Crippen molar-refractivity contribution in [2.45, 2.75) is 6.42 Å². The van der Waals surface area contributed by atoms with Gasteiger partial charge in [0.15, 0.2) is 5.96 Å². The van der Waals surface area contributed by atoms with Crippen LogP contribution in [0.2, 0.25) is 0 Å². The molecule has 0 aromatic heterocycles. The van der Waals surface area contributed by atoms with Gasteiger partial charge in [-0.25, -0.2) is 0 Å². The lowest BCUT2D eigenvalue weighted by molar-refractivity contribution is 0.139. The van der Waals surface area contributed by atoms with Gasteiger partial charge in [-0.3, -0.25) is 14.8 Å². The average Bonchev–Trinajstić information content (AvgIpc) is 3.14. The zero-order valence-electron chi connectivity index (χ0n) is 15.5. The molecule has 0 aromatic carbocycles. The number of nitrogens with one attached hydrogen (secondary N) is 1. The molecule has 3 rings (SSSR count). The van der Waals surface area contributed by atoms with Crippen molar-refractivity contribution in [3.63, 3.8) is 0 Å². The second-order valence-corrected chi connectivity index (χ2v) is 8.17. The van der Waals surface area contributed by atoms with Crippen molar-refractivity contribution in [1.82, 2.24) is 20.0 Å². The van der Waals surface area contributed by atoms with Gasteiger partial charge in [0.1, 0.15) is 0 Å². The number of piperazine rings is 1. The van der Waals surface area contributed by atoms with Crippen molar-refractivity contribution in [3.05, 3.63) is 0 Å². The zero-order valence-corrected chi connectivity index (χ0v) is 18.6. The van der Waals surface area contributed by atoms with Gasteiger partial charge in [-0.05, 0) is 12.3 Å². The summed E-state index contributed by atoms with van der Waals surface area (Å²) in [6.07, 6.45) is 1.23. The first-order valence-electron chi connectivity index (χ1n) is 9.41. The number of halogens is 1. The summed E-state index contributed by atoms with van der Waals surface area (Å²) in [7, 11) is 1.90. The number of aliphatic imine (C=N–C) groups is 1. The average molecular weight is 483 g/mol. The molecule has 25 heavy (non-hydrogen) atoms. The van der Waals surface area contributed by atoms with Gasteiger partial charge in [0.2, 0.25) is 0 Å². The van der Waals surface area contributed by atoms with Crippen LogP contribution in [0.5, 0.6) is 0 Å².